The van der Waals surface area contributed by atoms with Crippen LogP contribution in [-0.2, 0) is 0 Å². The van der Waals surface area contributed by atoms with Crippen molar-refractivity contribution in [3.8, 4) is 17.2 Å². The Balaban J connectivity index is 1.76. The van der Waals surface area contributed by atoms with Crippen molar-refractivity contribution < 1.29 is 23.8 Å². The number of carbonyl (C=O) groups excluding carboxylic acids is 2. The Morgan fingerprint density at radius 3 is 1.96 bits per heavy atom. The monoisotopic (exact) mass is 416 g/mol. The Morgan fingerprint density at radius 1 is 0.714 bits per heavy atom. The second-order valence-electron chi connectivity index (χ2n) is 5.61. The molecule has 0 heterocycles. The lowest BCUT2D eigenvalue weighted by Gasteiger charge is -2.10. The van der Waals surface area contributed by atoms with Gasteiger partial charge in [0.25, 0.3) is 0 Å². The molecule has 3 rings (SSSR count). The van der Waals surface area contributed by atoms with Gasteiger partial charge in [0, 0.05) is 16.1 Å². The zero-order chi connectivity index (χ0) is 20.1. The van der Waals surface area contributed by atoms with Gasteiger partial charge < -0.3 is 14.2 Å². The summed E-state index contributed by atoms with van der Waals surface area (Å²) in [6, 6.07) is 17.0. The summed E-state index contributed by atoms with van der Waals surface area (Å²) in [6.45, 7) is 0. The smallest absolute Gasteiger partial charge is 0.343 e. The summed E-state index contributed by atoms with van der Waals surface area (Å²) in [5.41, 5.74) is 0.384. The third-order valence-electron chi connectivity index (χ3n) is 3.69. The number of carbonyl (C=O) groups is 2. The molecular weight excluding hydrogens is 403 g/mol. The first-order chi connectivity index (χ1) is 13.5. The Hall–Kier alpha value is -3.02. The third-order valence-corrected chi connectivity index (χ3v) is 4.17. The van der Waals surface area contributed by atoms with Crippen LogP contribution in [0.1, 0.15) is 20.7 Å². The molecule has 0 N–H and O–H groups in total. The highest BCUT2D eigenvalue weighted by atomic mass is 35.5. The minimum Gasteiger partial charge on any atom is -0.493 e. The van der Waals surface area contributed by atoms with Crippen molar-refractivity contribution >= 4 is 35.1 Å². The fraction of sp³-hybridized carbons (Fsp3) is 0.0476. The van der Waals surface area contributed by atoms with Crippen LogP contribution in [0.25, 0.3) is 0 Å². The number of hydrogen-bond acceptors (Lipinski definition) is 5. The molecule has 3 aromatic rings. The zero-order valence-electron chi connectivity index (χ0n) is 14.6. The average Bonchev–Trinajstić information content (AvgIpc) is 2.71. The lowest BCUT2D eigenvalue weighted by Crippen LogP contribution is -2.13. The zero-order valence-corrected chi connectivity index (χ0v) is 16.2. The third kappa shape index (κ3) is 4.82. The van der Waals surface area contributed by atoms with Crippen molar-refractivity contribution in [1.29, 1.82) is 0 Å². The summed E-state index contributed by atoms with van der Waals surface area (Å²) in [7, 11) is 1.44. The molecule has 7 heteroatoms. The summed E-state index contributed by atoms with van der Waals surface area (Å²) in [5.74, 6) is -0.388. The second-order valence-corrected chi connectivity index (χ2v) is 6.48. The van der Waals surface area contributed by atoms with Gasteiger partial charge in [-0.2, -0.15) is 0 Å². The van der Waals surface area contributed by atoms with Gasteiger partial charge in [-0.25, -0.2) is 9.59 Å². The van der Waals surface area contributed by atoms with Crippen molar-refractivity contribution in [3.05, 3.63) is 87.9 Å². The molecule has 0 saturated carbocycles. The van der Waals surface area contributed by atoms with Gasteiger partial charge in [-0.3, -0.25) is 0 Å². The van der Waals surface area contributed by atoms with Crippen LogP contribution in [0.5, 0.6) is 17.2 Å². The molecule has 5 nitrogen and oxygen atoms in total. The van der Waals surface area contributed by atoms with E-state index in [9.17, 15) is 9.59 Å². The second kappa shape index (κ2) is 8.78. The van der Waals surface area contributed by atoms with Crippen LogP contribution in [0.15, 0.2) is 66.7 Å². The maximum Gasteiger partial charge on any atom is 0.343 e. The molecular formula is C21H14Cl2O5. The fourth-order valence-electron chi connectivity index (χ4n) is 2.33. The maximum atomic E-state index is 12.5. The van der Waals surface area contributed by atoms with Gasteiger partial charge in [0.05, 0.1) is 18.2 Å². The Kier molecular flexibility index (Phi) is 6.19. The van der Waals surface area contributed by atoms with Gasteiger partial charge in [-0.15, -0.1) is 0 Å². The van der Waals surface area contributed by atoms with E-state index in [0.29, 0.717) is 21.5 Å². The van der Waals surface area contributed by atoms with Gasteiger partial charge in [-0.05, 0) is 54.6 Å². The van der Waals surface area contributed by atoms with E-state index in [1.54, 1.807) is 36.4 Å². The van der Waals surface area contributed by atoms with Crippen molar-refractivity contribution in [3.63, 3.8) is 0 Å². The van der Waals surface area contributed by atoms with Crippen LogP contribution in [0.4, 0.5) is 0 Å². The van der Waals surface area contributed by atoms with Gasteiger partial charge in [-0.1, -0.05) is 29.3 Å². The average molecular weight is 417 g/mol. The van der Waals surface area contributed by atoms with E-state index in [1.807, 2.05) is 0 Å². The van der Waals surface area contributed by atoms with E-state index in [4.69, 9.17) is 37.4 Å². The number of esters is 2. The van der Waals surface area contributed by atoms with E-state index >= 15 is 0 Å². The molecule has 0 saturated heterocycles. The van der Waals surface area contributed by atoms with E-state index in [2.05, 4.69) is 0 Å². The summed E-state index contributed by atoms with van der Waals surface area (Å²) < 4.78 is 15.8. The van der Waals surface area contributed by atoms with Crippen molar-refractivity contribution in [1.82, 2.24) is 0 Å². The molecule has 0 aliphatic carbocycles. The first-order valence-corrected chi connectivity index (χ1v) is 8.85. The molecule has 0 radical (unpaired) electrons. The highest BCUT2D eigenvalue weighted by Gasteiger charge is 2.16. The highest BCUT2D eigenvalue weighted by molar-refractivity contribution is 6.31. The minimum absolute atomic E-state index is 0.183. The first-order valence-electron chi connectivity index (χ1n) is 8.10. The highest BCUT2D eigenvalue weighted by Crippen LogP contribution is 2.30. The largest absolute Gasteiger partial charge is 0.493 e. The number of methoxy groups -OCH3 is 1. The quantitative estimate of drug-likeness (QED) is 0.409. The van der Waals surface area contributed by atoms with E-state index in [0.717, 1.165) is 0 Å². The standard InChI is InChI=1S/C21H14Cl2O5/c1-26-19-12-16(23)7-10-18(19)28-21(25)14-4-2-3-13(11-14)20(24)27-17-8-5-15(22)6-9-17/h2-12H,1H3. The molecule has 142 valence electrons. The molecule has 0 bridgehead atoms. The summed E-state index contributed by atoms with van der Waals surface area (Å²) >= 11 is 11.7. The van der Waals surface area contributed by atoms with Crippen molar-refractivity contribution in [2.75, 3.05) is 7.11 Å². The number of hydrogen-bond donors (Lipinski definition) is 0. The van der Waals surface area contributed by atoms with Crippen LogP contribution in [0.3, 0.4) is 0 Å². The molecule has 0 aliphatic heterocycles. The molecule has 0 aromatic heterocycles. The van der Waals surface area contributed by atoms with Crippen LogP contribution in [-0.4, -0.2) is 19.0 Å². The van der Waals surface area contributed by atoms with Crippen molar-refractivity contribution in [2.45, 2.75) is 0 Å². The number of rotatable bonds is 5. The van der Waals surface area contributed by atoms with Crippen LogP contribution in [0, 0.1) is 0 Å². The van der Waals surface area contributed by atoms with E-state index < -0.39 is 11.9 Å². The predicted molar refractivity (Wildman–Crippen MR) is 106 cm³/mol. The van der Waals surface area contributed by atoms with Crippen molar-refractivity contribution in [2.24, 2.45) is 0 Å². The Labute approximate surface area is 171 Å². The lowest BCUT2D eigenvalue weighted by atomic mass is 10.1. The van der Waals surface area contributed by atoms with Crippen LogP contribution >= 0.6 is 23.2 Å². The normalized spacial score (nSPS) is 10.2. The molecule has 0 amide bonds. The molecule has 0 spiro atoms. The molecule has 0 atom stereocenters. The molecule has 0 fully saturated rings. The number of benzene rings is 3. The van der Waals surface area contributed by atoms with Crippen LogP contribution in [0.2, 0.25) is 10.0 Å². The predicted octanol–water partition coefficient (Wildman–Crippen LogP) is 5.44. The Bertz CT molecular complexity index is 1020. The number of ether oxygens (including phenoxy) is 3. The Morgan fingerprint density at radius 2 is 1.32 bits per heavy atom. The van der Waals surface area contributed by atoms with Gasteiger partial charge in [0.15, 0.2) is 11.5 Å². The maximum absolute atomic E-state index is 12.5. The number of halogens is 2. The molecule has 0 unspecified atom stereocenters. The molecule has 3 aromatic carbocycles. The SMILES string of the molecule is COc1cc(Cl)ccc1OC(=O)c1cccc(C(=O)Oc2ccc(Cl)cc2)c1. The van der Waals surface area contributed by atoms with Gasteiger partial charge in [0.2, 0.25) is 0 Å². The topological polar surface area (TPSA) is 61.8 Å². The van der Waals surface area contributed by atoms with E-state index in [-0.39, 0.29) is 16.9 Å². The van der Waals surface area contributed by atoms with Gasteiger partial charge >= 0.3 is 11.9 Å². The van der Waals surface area contributed by atoms with E-state index in [1.165, 1.54) is 37.4 Å². The van der Waals surface area contributed by atoms with Crippen LogP contribution < -0.4 is 14.2 Å². The van der Waals surface area contributed by atoms with Gasteiger partial charge in [0.1, 0.15) is 5.75 Å². The summed E-state index contributed by atoms with van der Waals surface area (Å²) in [4.78, 5) is 24.8. The molecule has 0 aliphatic rings. The lowest BCUT2D eigenvalue weighted by molar-refractivity contribution is 0.0729. The minimum atomic E-state index is -0.651. The first kappa shape index (κ1) is 19.7. The summed E-state index contributed by atoms with van der Waals surface area (Å²) in [6.07, 6.45) is 0. The fourth-order valence-corrected chi connectivity index (χ4v) is 2.61. The molecule has 28 heavy (non-hydrogen) atoms. The summed E-state index contributed by atoms with van der Waals surface area (Å²) in [5, 5.41) is 0.978.